The molecule has 3 nitrogen and oxygen atoms in total. The van der Waals surface area contributed by atoms with E-state index in [1.807, 2.05) is 31.2 Å². The first-order chi connectivity index (χ1) is 7.18. The summed E-state index contributed by atoms with van der Waals surface area (Å²) in [7, 11) is 0. The average molecular weight is 201 g/mol. The molecule has 1 aromatic carbocycles. The highest BCUT2D eigenvalue weighted by atomic mass is 16.2. The Labute approximate surface area is 87.7 Å². The molecule has 2 fully saturated rings. The summed E-state index contributed by atoms with van der Waals surface area (Å²) in [6.45, 7) is 1.98. The van der Waals surface area contributed by atoms with Crippen LogP contribution in [0.2, 0.25) is 0 Å². The van der Waals surface area contributed by atoms with Crippen LogP contribution in [0.3, 0.4) is 0 Å². The highest BCUT2D eigenvalue weighted by Gasteiger charge is 2.59. The number of imide groups is 1. The first-order valence-electron chi connectivity index (χ1n) is 5.13. The minimum Gasteiger partial charge on any atom is -0.274 e. The molecular formula is C12H11NO2. The number of hydrogen-bond acceptors (Lipinski definition) is 2. The highest BCUT2D eigenvalue weighted by molar-refractivity contribution is 6.24. The number of anilines is 1. The highest BCUT2D eigenvalue weighted by Crippen LogP contribution is 2.48. The molecule has 1 saturated heterocycles. The average Bonchev–Trinajstić information content (AvgIpc) is 2.96. The van der Waals surface area contributed by atoms with Gasteiger partial charge in [0.05, 0.1) is 17.5 Å². The van der Waals surface area contributed by atoms with Crippen molar-refractivity contribution in [3.8, 4) is 0 Å². The molecule has 2 amide bonds. The van der Waals surface area contributed by atoms with Gasteiger partial charge < -0.3 is 0 Å². The number of fused-ring (bicyclic) bond motifs is 1. The second kappa shape index (κ2) is 2.69. The number of rotatable bonds is 1. The summed E-state index contributed by atoms with van der Waals surface area (Å²) in [5.41, 5.74) is 1.84. The van der Waals surface area contributed by atoms with E-state index in [9.17, 15) is 9.59 Å². The van der Waals surface area contributed by atoms with Crippen LogP contribution in [-0.4, -0.2) is 11.8 Å². The molecule has 3 rings (SSSR count). The molecule has 0 aromatic heterocycles. The third-order valence-electron chi connectivity index (χ3n) is 3.16. The number of benzene rings is 1. The van der Waals surface area contributed by atoms with Gasteiger partial charge in [0.15, 0.2) is 0 Å². The van der Waals surface area contributed by atoms with Crippen molar-refractivity contribution in [2.45, 2.75) is 13.3 Å². The standard InChI is InChI=1S/C12H11NO2/c1-7-2-4-8(5-3-7)13-11(14)9-6-10(9)12(13)15/h2-5,9-10H,6H2,1H3/t9-,10-/m0/s1. The van der Waals surface area contributed by atoms with Crippen molar-refractivity contribution >= 4 is 17.5 Å². The Kier molecular flexibility index (Phi) is 1.55. The molecule has 76 valence electrons. The third-order valence-corrected chi connectivity index (χ3v) is 3.16. The largest absolute Gasteiger partial charge is 0.274 e. The molecule has 0 bridgehead atoms. The van der Waals surface area contributed by atoms with Crippen LogP contribution in [-0.2, 0) is 9.59 Å². The summed E-state index contributed by atoms with van der Waals surface area (Å²) < 4.78 is 0. The molecule has 15 heavy (non-hydrogen) atoms. The van der Waals surface area contributed by atoms with Gasteiger partial charge in [0.25, 0.3) is 0 Å². The zero-order valence-corrected chi connectivity index (χ0v) is 8.43. The van der Waals surface area contributed by atoms with Crippen LogP contribution in [0.1, 0.15) is 12.0 Å². The zero-order valence-electron chi connectivity index (χ0n) is 8.43. The molecule has 3 heteroatoms. The van der Waals surface area contributed by atoms with Crippen LogP contribution in [0, 0.1) is 18.8 Å². The van der Waals surface area contributed by atoms with Gasteiger partial charge in [-0.05, 0) is 25.5 Å². The maximum atomic E-state index is 11.7. The van der Waals surface area contributed by atoms with E-state index in [1.165, 1.54) is 4.90 Å². The normalized spacial score (nSPS) is 28.2. The number of hydrogen-bond donors (Lipinski definition) is 0. The smallest absolute Gasteiger partial charge is 0.237 e. The monoisotopic (exact) mass is 201 g/mol. The Morgan fingerprint density at radius 3 is 2.13 bits per heavy atom. The van der Waals surface area contributed by atoms with Crippen molar-refractivity contribution in [3.05, 3.63) is 29.8 Å². The van der Waals surface area contributed by atoms with Crippen LogP contribution in [0.25, 0.3) is 0 Å². The Balaban J connectivity index is 1.98. The van der Waals surface area contributed by atoms with E-state index in [1.54, 1.807) is 0 Å². The molecule has 1 aliphatic carbocycles. The fourth-order valence-corrected chi connectivity index (χ4v) is 2.13. The minimum atomic E-state index is -0.0196. The number of amides is 2. The van der Waals surface area contributed by atoms with Crippen LogP contribution in [0.4, 0.5) is 5.69 Å². The van der Waals surface area contributed by atoms with Crippen molar-refractivity contribution in [2.75, 3.05) is 4.90 Å². The summed E-state index contributed by atoms with van der Waals surface area (Å²) in [6, 6.07) is 7.49. The van der Waals surface area contributed by atoms with Gasteiger partial charge in [0.1, 0.15) is 0 Å². The zero-order chi connectivity index (χ0) is 10.6. The molecule has 2 aliphatic rings. The summed E-state index contributed by atoms with van der Waals surface area (Å²) in [4.78, 5) is 24.8. The summed E-state index contributed by atoms with van der Waals surface area (Å²) >= 11 is 0. The van der Waals surface area contributed by atoms with Gasteiger partial charge in [-0.3, -0.25) is 14.5 Å². The van der Waals surface area contributed by atoms with Gasteiger partial charge in [-0.1, -0.05) is 17.7 Å². The molecule has 2 atom stereocenters. The molecular weight excluding hydrogens is 190 g/mol. The van der Waals surface area contributed by atoms with E-state index >= 15 is 0 Å². The van der Waals surface area contributed by atoms with Crippen LogP contribution in [0.15, 0.2) is 24.3 Å². The SMILES string of the molecule is Cc1ccc(N2C(=O)[C@H]3C[C@@H]3C2=O)cc1. The number of piperidine rings is 1. The van der Waals surface area contributed by atoms with Crippen molar-refractivity contribution in [3.63, 3.8) is 0 Å². The molecule has 0 unspecified atom stereocenters. The Bertz CT molecular complexity index is 429. The number of carbonyl (C=O) groups excluding carboxylic acids is 2. The molecule has 0 spiro atoms. The fourth-order valence-electron chi connectivity index (χ4n) is 2.13. The topological polar surface area (TPSA) is 37.4 Å². The lowest BCUT2D eigenvalue weighted by Gasteiger charge is -2.16. The lowest BCUT2D eigenvalue weighted by molar-refractivity contribution is -0.123. The Morgan fingerprint density at radius 1 is 1.07 bits per heavy atom. The maximum Gasteiger partial charge on any atom is 0.237 e. The Hall–Kier alpha value is -1.64. The van der Waals surface area contributed by atoms with Gasteiger partial charge in [0.2, 0.25) is 11.8 Å². The van der Waals surface area contributed by atoms with Crippen LogP contribution in [0.5, 0.6) is 0 Å². The number of carbonyl (C=O) groups is 2. The first kappa shape index (κ1) is 8.65. The van der Waals surface area contributed by atoms with E-state index in [0.717, 1.165) is 12.0 Å². The van der Waals surface area contributed by atoms with Gasteiger partial charge in [-0.25, -0.2) is 0 Å². The van der Waals surface area contributed by atoms with Crippen molar-refractivity contribution in [1.29, 1.82) is 0 Å². The van der Waals surface area contributed by atoms with Gasteiger partial charge >= 0.3 is 0 Å². The van der Waals surface area contributed by atoms with Crippen LogP contribution < -0.4 is 4.90 Å². The predicted octanol–water partition coefficient (Wildman–Crippen LogP) is 1.50. The van der Waals surface area contributed by atoms with Crippen molar-refractivity contribution < 1.29 is 9.59 Å². The lowest BCUT2D eigenvalue weighted by Crippen LogP contribution is -2.32. The number of nitrogens with zero attached hydrogens (tertiary/aromatic N) is 1. The Morgan fingerprint density at radius 2 is 1.60 bits per heavy atom. The number of aryl methyl sites for hydroxylation is 1. The van der Waals surface area contributed by atoms with E-state index in [-0.39, 0.29) is 23.7 Å². The summed E-state index contributed by atoms with van der Waals surface area (Å²) in [5.74, 6) is -0.0692. The van der Waals surface area contributed by atoms with E-state index in [2.05, 4.69) is 0 Å². The van der Waals surface area contributed by atoms with Gasteiger partial charge in [-0.2, -0.15) is 0 Å². The fraction of sp³-hybridized carbons (Fsp3) is 0.333. The first-order valence-corrected chi connectivity index (χ1v) is 5.13. The predicted molar refractivity (Wildman–Crippen MR) is 55.3 cm³/mol. The van der Waals surface area contributed by atoms with Gasteiger partial charge in [-0.15, -0.1) is 0 Å². The summed E-state index contributed by atoms with van der Waals surface area (Å²) in [5, 5.41) is 0. The van der Waals surface area contributed by atoms with Gasteiger partial charge in [0, 0.05) is 0 Å². The van der Waals surface area contributed by atoms with E-state index in [0.29, 0.717) is 5.69 Å². The second-order valence-corrected chi connectivity index (χ2v) is 4.30. The molecule has 1 heterocycles. The van der Waals surface area contributed by atoms with Crippen molar-refractivity contribution in [1.82, 2.24) is 0 Å². The summed E-state index contributed by atoms with van der Waals surface area (Å²) in [6.07, 6.45) is 0.764. The molecule has 1 aromatic rings. The molecule has 1 aliphatic heterocycles. The van der Waals surface area contributed by atoms with E-state index < -0.39 is 0 Å². The quantitative estimate of drug-likeness (QED) is 0.646. The lowest BCUT2D eigenvalue weighted by atomic mass is 10.2. The third kappa shape index (κ3) is 1.12. The minimum absolute atomic E-state index is 0.0150. The second-order valence-electron chi connectivity index (χ2n) is 4.30. The maximum absolute atomic E-state index is 11.7. The van der Waals surface area contributed by atoms with E-state index in [4.69, 9.17) is 0 Å². The van der Waals surface area contributed by atoms with Crippen molar-refractivity contribution in [2.24, 2.45) is 11.8 Å². The molecule has 0 N–H and O–H groups in total. The molecule has 0 radical (unpaired) electrons. The molecule has 1 saturated carbocycles. The van der Waals surface area contributed by atoms with Crippen LogP contribution >= 0.6 is 0 Å².